The molecular formula is C20H15N5O2S2. The Labute approximate surface area is 174 Å². The molecule has 0 spiro atoms. The van der Waals surface area contributed by atoms with E-state index in [0.717, 1.165) is 4.34 Å². The highest BCUT2D eigenvalue weighted by molar-refractivity contribution is 8.01. The first-order chi connectivity index (χ1) is 14.2. The van der Waals surface area contributed by atoms with E-state index in [9.17, 15) is 9.59 Å². The summed E-state index contributed by atoms with van der Waals surface area (Å²) in [6.07, 6.45) is 1.77. The topological polar surface area (TPSA) is 89.8 Å². The standard InChI is InChI=1S/C20H15N5O2S2/c1-2-12-28-20-23-22-19(29-20)21-17(26)16-14-10-6-7-11-15(14)18(27)25(24-16)13-8-4-3-5-9-13/h2-11H,1,12H2,(H,21,22,26). The molecule has 0 saturated heterocycles. The Hall–Kier alpha value is -3.30. The highest BCUT2D eigenvalue weighted by Gasteiger charge is 2.19. The van der Waals surface area contributed by atoms with Crippen molar-refractivity contribution in [3.63, 3.8) is 0 Å². The zero-order valence-electron chi connectivity index (χ0n) is 15.1. The molecule has 2 aromatic heterocycles. The lowest BCUT2D eigenvalue weighted by Crippen LogP contribution is -2.26. The number of carbonyl (C=O) groups excluding carboxylic acids is 1. The van der Waals surface area contributed by atoms with Gasteiger partial charge < -0.3 is 0 Å². The van der Waals surface area contributed by atoms with Crippen LogP contribution in [-0.4, -0.2) is 31.6 Å². The average Bonchev–Trinajstić information content (AvgIpc) is 3.20. The van der Waals surface area contributed by atoms with Gasteiger partial charge in [-0.15, -0.1) is 16.8 Å². The average molecular weight is 422 g/mol. The van der Waals surface area contributed by atoms with Crippen LogP contribution in [0.4, 0.5) is 5.13 Å². The number of carbonyl (C=O) groups is 1. The van der Waals surface area contributed by atoms with E-state index in [0.29, 0.717) is 27.3 Å². The Morgan fingerprint density at radius 2 is 1.83 bits per heavy atom. The van der Waals surface area contributed by atoms with Crippen molar-refractivity contribution in [2.75, 3.05) is 11.1 Å². The first kappa shape index (κ1) is 19.0. The predicted molar refractivity (Wildman–Crippen MR) is 116 cm³/mol. The fraction of sp³-hybridized carbons (Fsp3) is 0.0500. The molecule has 1 amide bonds. The number of benzene rings is 2. The first-order valence-corrected chi connectivity index (χ1v) is 10.4. The molecule has 0 saturated carbocycles. The van der Waals surface area contributed by atoms with E-state index in [1.54, 1.807) is 42.5 Å². The van der Waals surface area contributed by atoms with Crippen LogP contribution in [0.2, 0.25) is 0 Å². The summed E-state index contributed by atoms with van der Waals surface area (Å²) < 4.78 is 1.97. The summed E-state index contributed by atoms with van der Waals surface area (Å²) in [4.78, 5) is 25.9. The second kappa shape index (κ2) is 8.38. The van der Waals surface area contributed by atoms with Crippen LogP contribution in [0, 0.1) is 0 Å². The van der Waals surface area contributed by atoms with Gasteiger partial charge in [-0.2, -0.15) is 9.78 Å². The van der Waals surface area contributed by atoms with Crippen molar-refractivity contribution in [1.29, 1.82) is 0 Å². The van der Waals surface area contributed by atoms with Crippen molar-refractivity contribution in [3.05, 3.63) is 83.3 Å². The van der Waals surface area contributed by atoms with Crippen molar-refractivity contribution in [2.45, 2.75) is 4.34 Å². The van der Waals surface area contributed by atoms with Gasteiger partial charge in [0, 0.05) is 11.1 Å². The Bertz CT molecular complexity index is 1250. The molecule has 0 unspecified atom stereocenters. The lowest BCUT2D eigenvalue weighted by molar-refractivity contribution is 0.102. The Balaban J connectivity index is 1.75. The maximum absolute atomic E-state index is 13.0. The zero-order chi connectivity index (χ0) is 20.2. The quantitative estimate of drug-likeness (QED) is 0.290. The molecule has 0 radical (unpaired) electrons. The highest BCUT2D eigenvalue weighted by Crippen LogP contribution is 2.26. The van der Waals surface area contributed by atoms with Crippen molar-refractivity contribution in [2.24, 2.45) is 0 Å². The summed E-state index contributed by atoms with van der Waals surface area (Å²) >= 11 is 2.75. The second-order valence-corrected chi connectivity index (χ2v) is 8.12. The van der Waals surface area contributed by atoms with Crippen LogP contribution >= 0.6 is 23.1 Å². The monoisotopic (exact) mass is 421 g/mol. The van der Waals surface area contributed by atoms with Gasteiger partial charge in [0.25, 0.3) is 11.5 Å². The Morgan fingerprint density at radius 1 is 1.10 bits per heavy atom. The number of para-hydroxylation sites is 1. The summed E-state index contributed by atoms with van der Waals surface area (Å²) in [6.45, 7) is 3.67. The third-order valence-electron chi connectivity index (χ3n) is 3.97. The zero-order valence-corrected chi connectivity index (χ0v) is 16.7. The molecule has 0 fully saturated rings. The third kappa shape index (κ3) is 3.96. The number of hydrogen-bond acceptors (Lipinski definition) is 7. The van der Waals surface area contributed by atoms with Gasteiger partial charge in [0.15, 0.2) is 10.0 Å². The number of hydrogen-bond donors (Lipinski definition) is 1. The fourth-order valence-electron chi connectivity index (χ4n) is 2.71. The van der Waals surface area contributed by atoms with Gasteiger partial charge in [-0.1, -0.05) is 65.6 Å². The van der Waals surface area contributed by atoms with Gasteiger partial charge in [0.1, 0.15) is 0 Å². The van der Waals surface area contributed by atoms with Gasteiger partial charge in [0.05, 0.1) is 11.1 Å². The molecule has 4 rings (SSSR count). The molecule has 0 aliphatic carbocycles. The van der Waals surface area contributed by atoms with E-state index >= 15 is 0 Å². The van der Waals surface area contributed by atoms with Crippen LogP contribution in [0.5, 0.6) is 0 Å². The van der Waals surface area contributed by atoms with Crippen LogP contribution in [0.15, 0.2) is 76.4 Å². The lowest BCUT2D eigenvalue weighted by atomic mass is 10.1. The van der Waals surface area contributed by atoms with E-state index in [1.165, 1.54) is 27.8 Å². The molecule has 29 heavy (non-hydrogen) atoms. The maximum atomic E-state index is 13.0. The Kier molecular flexibility index (Phi) is 5.50. The molecule has 9 heteroatoms. The van der Waals surface area contributed by atoms with E-state index in [-0.39, 0.29) is 11.3 Å². The molecule has 144 valence electrons. The van der Waals surface area contributed by atoms with Crippen LogP contribution in [0.1, 0.15) is 10.5 Å². The number of anilines is 1. The summed E-state index contributed by atoms with van der Waals surface area (Å²) in [5.74, 6) is 0.249. The van der Waals surface area contributed by atoms with E-state index in [4.69, 9.17) is 0 Å². The molecule has 2 heterocycles. The first-order valence-electron chi connectivity index (χ1n) is 8.63. The fourth-order valence-corrected chi connectivity index (χ4v) is 4.21. The minimum absolute atomic E-state index is 0.138. The number of nitrogens with one attached hydrogen (secondary N) is 1. The molecule has 1 N–H and O–H groups in total. The maximum Gasteiger partial charge on any atom is 0.279 e. The van der Waals surface area contributed by atoms with Gasteiger partial charge in [-0.25, -0.2) is 0 Å². The number of nitrogens with zero attached hydrogens (tertiary/aromatic N) is 4. The lowest BCUT2D eigenvalue weighted by Gasteiger charge is -2.10. The third-order valence-corrected chi connectivity index (χ3v) is 5.94. The number of amides is 1. The van der Waals surface area contributed by atoms with Gasteiger partial charge in [-0.05, 0) is 18.2 Å². The molecule has 0 bridgehead atoms. The normalized spacial score (nSPS) is 10.8. The molecule has 0 atom stereocenters. The number of rotatable bonds is 6. The predicted octanol–water partition coefficient (Wildman–Crippen LogP) is 3.77. The van der Waals surface area contributed by atoms with Crippen LogP contribution in [-0.2, 0) is 0 Å². The van der Waals surface area contributed by atoms with Crippen LogP contribution in [0.25, 0.3) is 16.5 Å². The molecular weight excluding hydrogens is 406 g/mol. The molecule has 7 nitrogen and oxygen atoms in total. The van der Waals surface area contributed by atoms with Gasteiger partial charge in [-0.3, -0.25) is 14.9 Å². The van der Waals surface area contributed by atoms with Gasteiger partial charge in [0.2, 0.25) is 5.13 Å². The number of thioether (sulfide) groups is 1. The van der Waals surface area contributed by atoms with Gasteiger partial charge >= 0.3 is 0 Å². The van der Waals surface area contributed by atoms with Crippen molar-refractivity contribution < 1.29 is 4.79 Å². The molecule has 4 aromatic rings. The number of aromatic nitrogens is 4. The van der Waals surface area contributed by atoms with E-state index in [2.05, 4.69) is 27.2 Å². The summed E-state index contributed by atoms with van der Waals surface area (Å²) in [6, 6.07) is 15.9. The molecule has 0 aliphatic rings. The Morgan fingerprint density at radius 3 is 2.59 bits per heavy atom. The van der Waals surface area contributed by atoms with Crippen molar-refractivity contribution >= 4 is 44.9 Å². The number of fused-ring (bicyclic) bond motifs is 1. The largest absolute Gasteiger partial charge is 0.295 e. The minimum Gasteiger partial charge on any atom is -0.295 e. The van der Waals surface area contributed by atoms with Crippen LogP contribution in [0.3, 0.4) is 0 Å². The smallest absolute Gasteiger partial charge is 0.279 e. The molecule has 2 aromatic carbocycles. The van der Waals surface area contributed by atoms with Crippen LogP contribution < -0.4 is 10.9 Å². The summed E-state index contributed by atoms with van der Waals surface area (Å²) in [7, 11) is 0. The highest BCUT2D eigenvalue weighted by atomic mass is 32.2. The van der Waals surface area contributed by atoms with E-state index < -0.39 is 5.91 Å². The van der Waals surface area contributed by atoms with Crippen molar-refractivity contribution in [3.8, 4) is 5.69 Å². The van der Waals surface area contributed by atoms with Crippen molar-refractivity contribution in [1.82, 2.24) is 20.0 Å². The minimum atomic E-state index is -0.456. The SMILES string of the molecule is C=CCSc1nnc(NC(=O)c2nn(-c3ccccc3)c(=O)c3ccccc23)s1. The second-order valence-electron chi connectivity index (χ2n) is 5.87. The molecule has 0 aliphatic heterocycles. The summed E-state index contributed by atoms with van der Waals surface area (Å²) in [5.41, 5.74) is 0.429. The summed E-state index contributed by atoms with van der Waals surface area (Å²) in [5, 5.41) is 16.4. The van der Waals surface area contributed by atoms with E-state index in [1.807, 2.05) is 18.2 Å².